The first-order valence-corrected chi connectivity index (χ1v) is 7.38. The minimum atomic E-state index is -0.522. The topological polar surface area (TPSA) is 68.0 Å². The Hall–Kier alpha value is -1.14. The molecule has 1 aromatic carbocycles. The second-order valence-corrected chi connectivity index (χ2v) is 6.04. The van der Waals surface area contributed by atoms with E-state index in [9.17, 15) is 4.79 Å². The number of aromatic nitrogens is 1. The minimum absolute atomic E-state index is 0. The number of amides is 1. The van der Waals surface area contributed by atoms with Gasteiger partial charge in [0, 0.05) is 4.88 Å². The Bertz CT molecular complexity index is 590. The van der Waals surface area contributed by atoms with Crippen molar-refractivity contribution in [2.75, 3.05) is 0 Å². The van der Waals surface area contributed by atoms with Crippen molar-refractivity contribution >= 4 is 42.1 Å². The van der Waals surface area contributed by atoms with Crippen LogP contribution in [0.3, 0.4) is 0 Å². The number of hydrogen-bond acceptors (Lipinski definition) is 4. The van der Waals surface area contributed by atoms with Gasteiger partial charge in [-0.3, -0.25) is 4.79 Å². The fraction of sp³-hybridized carbons (Fsp3) is 0.333. The molecule has 7 heteroatoms. The minimum Gasteiger partial charge on any atom is -0.350 e. The molecule has 0 saturated heterocycles. The highest BCUT2D eigenvalue weighted by atomic mass is 35.5. The molecule has 1 amide bonds. The summed E-state index contributed by atoms with van der Waals surface area (Å²) in [5.41, 5.74) is 7.98. The Morgan fingerprint density at radius 1 is 1.27 bits per heavy atom. The van der Waals surface area contributed by atoms with E-state index in [1.54, 1.807) is 11.3 Å². The largest absolute Gasteiger partial charge is 0.350 e. The number of nitrogens with one attached hydrogen (secondary N) is 1. The number of aryl methyl sites for hydroxylation is 2. The molecule has 0 saturated carbocycles. The van der Waals surface area contributed by atoms with Gasteiger partial charge in [-0.25, -0.2) is 4.98 Å². The SMILES string of the molecule is Cc1nc(C)c(CNC(=O)[C@@H](N)Cc2ccccc2)s1.Cl.Cl. The molecule has 4 nitrogen and oxygen atoms in total. The smallest absolute Gasteiger partial charge is 0.237 e. The van der Waals surface area contributed by atoms with Crippen molar-refractivity contribution in [1.82, 2.24) is 10.3 Å². The molecule has 1 heterocycles. The molecule has 1 aromatic heterocycles. The third kappa shape index (κ3) is 5.93. The third-order valence-corrected chi connectivity index (χ3v) is 4.13. The van der Waals surface area contributed by atoms with Gasteiger partial charge in [-0.15, -0.1) is 36.2 Å². The van der Waals surface area contributed by atoms with Gasteiger partial charge in [0.15, 0.2) is 0 Å². The third-order valence-electron chi connectivity index (χ3n) is 3.06. The molecule has 3 N–H and O–H groups in total. The summed E-state index contributed by atoms with van der Waals surface area (Å²) in [6.07, 6.45) is 0.549. The van der Waals surface area contributed by atoms with Gasteiger partial charge < -0.3 is 11.1 Å². The van der Waals surface area contributed by atoms with Crippen LogP contribution >= 0.6 is 36.2 Å². The molecule has 1 atom stereocenters. The maximum absolute atomic E-state index is 12.0. The molecule has 0 radical (unpaired) electrons. The zero-order valence-electron chi connectivity index (χ0n) is 12.5. The Labute approximate surface area is 147 Å². The highest BCUT2D eigenvalue weighted by Gasteiger charge is 2.14. The standard InChI is InChI=1S/C15H19N3OS.2ClH/c1-10-14(20-11(2)18-10)9-17-15(19)13(16)8-12-6-4-3-5-7-12;;/h3-7,13H,8-9,16H2,1-2H3,(H,17,19);2*1H/t13-;;/m0../s1. The van der Waals surface area contributed by atoms with Gasteiger partial charge >= 0.3 is 0 Å². The molecule has 2 aromatic rings. The van der Waals surface area contributed by atoms with Crippen molar-refractivity contribution < 1.29 is 4.79 Å². The van der Waals surface area contributed by atoms with Crippen LogP contribution in [0.4, 0.5) is 0 Å². The predicted molar refractivity (Wildman–Crippen MR) is 96.1 cm³/mol. The summed E-state index contributed by atoms with van der Waals surface area (Å²) in [5, 5.41) is 3.89. The molecule has 0 aliphatic rings. The maximum atomic E-state index is 12.0. The van der Waals surface area contributed by atoms with Crippen LogP contribution in [0, 0.1) is 13.8 Å². The zero-order chi connectivity index (χ0) is 14.5. The normalized spacial score (nSPS) is 11.0. The summed E-state index contributed by atoms with van der Waals surface area (Å²) in [5.74, 6) is -0.126. The number of carbonyl (C=O) groups excluding carboxylic acids is 1. The highest BCUT2D eigenvalue weighted by Crippen LogP contribution is 2.16. The van der Waals surface area contributed by atoms with Gasteiger partial charge in [-0.2, -0.15) is 0 Å². The number of carbonyl (C=O) groups is 1. The summed E-state index contributed by atoms with van der Waals surface area (Å²) in [6, 6.07) is 9.27. The second kappa shape index (κ2) is 9.79. The number of nitrogens with two attached hydrogens (primary N) is 1. The molecular formula is C15H21Cl2N3OS. The Balaban J connectivity index is 0.00000220. The number of rotatable bonds is 5. The molecule has 22 heavy (non-hydrogen) atoms. The molecule has 122 valence electrons. The van der Waals surface area contributed by atoms with Crippen LogP contribution in [0.1, 0.15) is 21.1 Å². The van der Waals surface area contributed by atoms with Crippen LogP contribution in [0.25, 0.3) is 0 Å². The summed E-state index contributed by atoms with van der Waals surface area (Å²) >= 11 is 1.61. The van der Waals surface area contributed by atoms with Crippen molar-refractivity contribution in [3.8, 4) is 0 Å². The van der Waals surface area contributed by atoms with Gasteiger partial charge in [0.2, 0.25) is 5.91 Å². The summed E-state index contributed by atoms with van der Waals surface area (Å²) < 4.78 is 0. The Kier molecular flexibility index (Phi) is 9.28. The van der Waals surface area contributed by atoms with E-state index in [1.165, 1.54) is 0 Å². The fourth-order valence-corrected chi connectivity index (χ4v) is 2.87. The lowest BCUT2D eigenvalue weighted by Crippen LogP contribution is -2.41. The van der Waals surface area contributed by atoms with E-state index in [0.29, 0.717) is 13.0 Å². The number of nitrogens with zero attached hydrogens (tertiary/aromatic N) is 1. The van der Waals surface area contributed by atoms with E-state index in [-0.39, 0.29) is 30.7 Å². The maximum Gasteiger partial charge on any atom is 0.237 e. The fourth-order valence-electron chi connectivity index (χ4n) is 2.00. The lowest BCUT2D eigenvalue weighted by Gasteiger charge is -2.12. The van der Waals surface area contributed by atoms with Crippen LogP contribution < -0.4 is 11.1 Å². The van der Waals surface area contributed by atoms with Gasteiger partial charge in [-0.05, 0) is 25.8 Å². The van der Waals surface area contributed by atoms with Crippen molar-refractivity contribution in [2.24, 2.45) is 5.73 Å². The monoisotopic (exact) mass is 361 g/mol. The molecule has 2 rings (SSSR count). The van der Waals surface area contributed by atoms with E-state index in [0.717, 1.165) is 21.1 Å². The number of benzene rings is 1. The van der Waals surface area contributed by atoms with Crippen molar-refractivity contribution in [2.45, 2.75) is 32.9 Å². The lowest BCUT2D eigenvalue weighted by atomic mass is 10.1. The molecule has 0 fully saturated rings. The quantitative estimate of drug-likeness (QED) is 0.860. The molecular weight excluding hydrogens is 341 g/mol. The lowest BCUT2D eigenvalue weighted by molar-refractivity contribution is -0.122. The van der Waals surface area contributed by atoms with E-state index in [4.69, 9.17) is 5.73 Å². The van der Waals surface area contributed by atoms with E-state index in [1.807, 2.05) is 44.2 Å². The number of thiazole rings is 1. The van der Waals surface area contributed by atoms with Crippen LogP contribution in [0.5, 0.6) is 0 Å². The van der Waals surface area contributed by atoms with Gasteiger partial charge in [-0.1, -0.05) is 30.3 Å². The molecule has 0 bridgehead atoms. The number of hydrogen-bond donors (Lipinski definition) is 2. The van der Waals surface area contributed by atoms with Crippen LogP contribution in [0.2, 0.25) is 0 Å². The van der Waals surface area contributed by atoms with Gasteiger partial charge in [0.1, 0.15) is 0 Å². The van der Waals surface area contributed by atoms with E-state index < -0.39 is 6.04 Å². The zero-order valence-corrected chi connectivity index (χ0v) is 15.0. The van der Waals surface area contributed by atoms with Gasteiger partial charge in [0.05, 0.1) is 23.3 Å². The molecule has 0 unspecified atom stereocenters. The van der Waals surface area contributed by atoms with Crippen molar-refractivity contribution in [3.63, 3.8) is 0 Å². The first kappa shape index (κ1) is 20.9. The van der Waals surface area contributed by atoms with E-state index in [2.05, 4.69) is 10.3 Å². The Morgan fingerprint density at radius 3 is 2.45 bits per heavy atom. The highest BCUT2D eigenvalue weighted by molar-refractivity contribution is 7.11. The van der Waals surface area contributed by atoms with E-state index >= 15 is 0 Å². The average molecular weight is 362 g/mol. The van der Waals surface area contributed by atoms with Crippen LogP contribution in [0.15, 0.2) is 30.3 Å². The first-order chi connectivity index (χ1) is 9.56. The molecule has 0 aliphatic carbocycles. The van der Waals surface area contributed by atoms with Crippen LogP contribution in [-0.2, 0) is 17.8 Å². The summed E-state index contributed by atoms with van der Waals surface area (Å²) in [7, 11) is 0. The van der Waals surface area contributed by atoms with Gasteiger partial charge in [0.25, 0.3) is 0 Å². The average Bonchev–Trinajstić information content (AvgIpc) is 2.75. The summed E-state index contributed by atoms with van der Waals surface area (Å²) in [6.45, 7) is 4.41. The van der Waals surface area contributed by atoms with Crippen LogP contribution in [-0.4, -0.2) is 16.9 Å². The summed E-state index contributed by atoms with van der Waals surface area (Å²) in [4.78, 5) is 17.4. The van der Waals surface area contributed by atoms with Crippen molar-refractivity contribution in [1.29, 1.82) is 0 Å². The molecule has 0 spiro atoms. The Morgan fingerprint density at radius 2 is 1.91 bits per heavy atom. The van der Waals surface area contributed by atoms with Crippen molar-refractivity contribution in [3.05, 3.63) is 51.5 Å². The first-order valence-electron chi connectivity index (χ1n) is 6.56. The second-order valence-electron chi connectivity index (χ2n) is 4.76. The number of halogens is 2. The predicted octanol–water partition coefficient (Wildman–Crippen LogP) is 2.79. The molecule has 0 aliphatic heterocycles.